The number of carbonyl (C=O) groups excluding carboxylic acids is 1. The summed E-state index contributed by atoms with van der Waals surface area (Å²) >= 11 is 0. The molecule has 0 radical (unpaired) electrons. The first-order valence-electron chi connectivity index (χ1n) is 8.15. The van der Waals surface area contributed by atoms with Gasteiger partial charge in [0.25, 0.3) is 5.91 Å². The highest BCUT2D eigenvalue weighted by Gasteiger charge is 2.16. The number of hydrogen-bond donors (Lipinski definition) is 1. The molecule has 1 fully saturated rings. The van der Waals surface area contributed by atoms with E-state index in [4.69, 9.17) is 0 Å². The summed E-state index contributed by atoms with van der Waals surface area (Å²) in [6.45, 7) is 7.68. The Morgan fingerprint density at radius 1 is 1.22 bits per heavy atom. The van der Waals surface area contributed by atoms with Crippen LogP contribution in [-0.4, -0.2) is 51.8 Å². The number of nitrogens with one attached hydrogen (secondary N) is 1. The molecule has 1 aliphatic heterocycles. The number of hydrogen-bond acceptors (Lipinski definition) is 4. The van der Waals surface area contributed by atoms with Crippen molar-refractivity contribution in [3.63, 3.8) is 0 Å². The Bertz CT molecular complexity index is 688. The summed E-state index contributed by atoms with van der Waals surface area (Å²) in [7, 11) is 0. The van der Waals surface area contributed by atoms with Crippen molar-refractivity contribution in [1.82, 2.24) is 25.0 Å². The van der Waals surface area contributed by atoms with Gasteiger partial charge < -0.3 is 10.2 Å². The smallest absolute Gasteiger partial charge is 0.291 e. The molecule has 1 aromatic carbocycles. The molecule has 6 nitrogen and oxygen atoms in total. The summed E-state index contributed by atoms with van der Waals surface area (Å²) in [6.07, 6.45) is 2.52. The van der Waals surface area contributed by atoms with E-state index in [1.807, 2.05) is 38.1 Å². The molecule has 0 aliphatic carbocycles. The molecule has 1 amide bonds. The van der Waals surface area contributed by atoms with E-state index in [-0.39, 0.29) is 11.7 Å². The van der Waals surface area contributed by atoms with Gasteiger partial charge in [-0.25, -0.2) is 9.67 Å². The molecular formula is C17H23N5O. The number of amides is 1. The number of rotatable bonds is 5. The summed E-state index contributed by atoms with van der Waals surface area (Å²) in [4.78, 5) is 18.9. The summed E-state index contributed by atoms with van der Waals surface area (Å²) in [5.41, 5.74) is 2.05. The third-order valence-corrected chi connectivity index (χ3v) is 4.23. The lowest BCUT2D eigenvalue weighted by atomic mass is 10.2. The molecule has 122 valence electrons. The predicted molar refractivity (Wildman–Crippen MR) is 88.8 cm³/mol. The topological polar surface area (TPSA) is 63.1 Å². The van der Waals surface area contributed by atoms with E-state index < -0.39 is 0 Å². The van der Waals surface area contributed by atoms with Crippen LogP contribution in [0.25, 0.3) is 5.69 Å². The van der Waals surface area contributed by atoms with Crippen LogP contribution in [0.3, 0.4) is 0 Å². The first kappa shape index (κ1) is 15.7. The van der Waals surface area contributed by atoms with Gasteiger partial charge in [-0.2, -0.15) is 0 Å². The number of para-hydroxylation sites is 1. The quantitative estimate of drug-likeness (QED) is 0.913. The van der Waals surface area contributed by atoms with E-state index in [1.54, 1.807) is 4.68 Å². The summed E-state index contributed by atoms with van der Waals surface area (Å²) < 4.78 is 1.73. The number of aryl methyl sites for hydroxylation is 2. The Balaban J connectivity index is 1.65. The number of carbonyl (C=O) groups is 1. The normalized spacial score (nSPS) is 15.0. The highest BCUT2D eigenvalue weighted by molar-refractivity contribution is 5.90. The molecule has 6 heteroatoms. The molecule has 0 saturated carbocycles. The Kier molecular flexibility index (Phi) is 4.71. The highest BCUT2D eigenvalue weighted by atomic mass is 16.2. The van der Waals surface area contributed by atoms with Crippen LogP contribution in [0.4, 0.5) is 0 Å². The van der Waals surface area contributed by atoms with E-state index >= 15 is 0 Å². The lowest BCUT2D eigenvalue weighted by Crippen LogP contribution is -2.34. The van der Waals surface area contributed by atoms with Crippen molar-refractivity contribution in [1.29, 1.82) is 0 Å². The van der Waals surface area contributed by atoms with Crippen LogP contribution in [0, 0.1) is 13.8 Å². The second kappa shape index (κ2) is 6.91. The minimum absolute atomic E-state index is 0.209. The Morgan fingerprint density at radius 2 is 1.96 bits per heavy atom. The third-order valence-electron chi connectivity index (χ3n) is 4.23. The van der Waals surface area contributed by atoms with Gasteiger partial charge in [-0.05, 0) is 51.4 Å². The van der Waals surface area contributed by atoms with Crippen molar-refractivity contribution in [3.8, 4) is 5.69 Å². The van der Waals surface area contributed by atoms with Gasteiger partial charge in [-0.1, -0.05) is 18.2 Å². The van der Waals surface area contributed by atoms with Gasteiger partial charge >= 0.3 is 0 Å². The lowest BCUT2D eigenvalue weighted by molar-refractivity contribution is 0.0939. The molecule has 0 atom stereocenters. The molecular weight excluding hydrogens is 290 g/mol. The van der Waals surface area contributed by atoms with Gasteiger partial charge in [-0.3, -0.25) is 4.79 Å². The zero-order valence-corrected chi connectivity index (χ0v) is 13.7. The molecule has 1 aliphatic rings. The molecule has 1 N–H and O–H groups in total. The number of nitrogens with zero attached hydrogens (tertiary/aromatic N) is 4. The molecule has 2 aromatic rings. The molecule has 2 heterocycles. The molecule has 23 heavy (non-hydrogen) atoms. The summed E-state index contributed by atoms with van der Waals surface area (Å²) in [5.74, 6) is 0.732. The van der Waals surface area contributed by atoms with Gasteiger partial charge in [-0.15, -0.1) is 5.10 Å². The van der Waals surface area contributed by atoms with Crippen molar-refractivity contribution < 1.29 is 4.79 Å². The van der Waals surface area contributed by atoms with Gasteiger partial charge in [0.2, 0.25) is 5.82 Å². The molecule has 0 bridgehead atoms. The van der Waals surface area contributed by atoms with Crippen molar-refractivity contribution in [2.45, 2.75) is 26.7 Å². The second-order valence-corrected chi connectivity index (χ2v) is 5.99. The maximum absolute atomic E-state index is 12.2. The van der Waals surface area contributed by atoms with Crippen molar-refractivity contribution in [2.75, 3.05) is 26.2 Å². The van der Waals surface area contributed by atoms with E-state index in [0.29, 0.717) is 12.4 Å². The van der Waals surface area contributed by atoms with Crippen molar-refractivity contribution >= 4 is 5.91 Å². The zero-order chi connectivity index (χ0) is 16.2. The molecule has 0 spiro atoms. The van der Waals surface area contributed by atoms with Gasteiger partial charge in [0.15, 0.2) is 0 Å². The number of aromatic nitrogens is 3. The van der Waals surface area contributed by atoms with Gasteiger partial charge in [0.1, 0.15) is 5.82 Å². The Hall–Kier alpha value is -2.21. The molecule has 0 unspecified atom stereocenters. The second-order valence-electron chi connectivity index (χ2n) is 5.99. The average Bonchev–Trinajstić information content (AvgIpc) is 3.17. The fraction of sp³-hybridized carbons (Fsp3) is 0.471. The third kappa shape index (κ3) is 3.59. The van der Waals surface area contributed by atoms with Gasteiger partial charge in [0, 0.05) is 13.1 Å². The van der Waals surface area contributed by atoms with Crippen LogP contribution in [0.2, 0.25) is 0 Å². The lowest BCUT2D eigenvalue weighted by Gasteiger charge is -2.13. The van der Waals surface area contributed by atoms with Crippen molar-refractivity contribution in [3.05, 3.63) is 41.5 Å². The van der Waals surface area contributed by atoms with Crippen LogP contribution in [-0.2, 0) is 0 Å². The van der Waals surface area contributed by atoms with Crippen LogP contribution < -0.4 is 5.32 Å². The summed E-state index contributed by atoms with van der Waals surface area (Å²) in [5, 5.41) is 7.28. The van der Waals surface area contributed by atoms with E-state index in [2.05, 4.69) is 20.3 Å². The maximum Gasteiger partial charge on any atom is 0.291 e. The first-order valence-corrected chi connectivity index (χ1v) is 8.15. The average molecular weight is 313 g/mol. The predicted octanol–water partition coefficient (Wildman–Crippen LogP) is 1.71. The number of benzene rings is 1. The first-order chi connectivity index (χ1) is 11.1. The summed E-state index contributed by atoms with van der Waals surface area (Å²) in [6, 6.07) is 7.94. The van der Waals surface area contributed by atoms with Crippen LogP contribution in [0.5, 0.6) is 0 Å². The van der Waals surface area contributed by atoms with E-state index in [0.717, 1.165) is 30.9 Å². The molecule has 1 saturated heterocycles. The van der Waals surface area contributed by atoms with Crippen LogP contribution in [0.15, 0.2) is 24.3 Å². The fourth-order valence-corrected chi connectivity index (χ4v) is 2.93. The van der Waals surface area contributed by atoms with E-state index in [1.165, 1.54) is 12.8 Å². The minimum Gasteiger partial charge on any atom is -0.348 e. The largest absolute Gasteiger partial charge is 0.348 e. The van der Waals surface area contributed by atoms with Crippen LogP contribution >= 0.6 is 0 Å². The fourth-order valence-electron chi connectivity index (χ4n) is 2.93. The van der Waals surface area contributed by atoms with Crippen LogP contribution in [0.1, 0.15) is 34.8 Å². The van der Waals surface area contributed by atoms with Gasteiger partial charge in [0.05, 0.1) is 5.69 Å². The zero-order valence-electron chi connectivity index (χ0n) is 13.7. The standard InChI is InChI=1S/C17H23N5O/c1-13-7-3-4-8-15(13)22-14(2)19-16(20-22)17(23)18-9-12-21-10-5-6-11-21/h3-4,7-8H,5-6,9-12H2,1-2H3,(H,18,23). The molecule has 1 aromatic heterocycles. The SMILES string of the molecule is Cc1ccccc1-n1nc(C(=O)NCCN2CCCC2)nc1C. The van der Waals surface area contributed by atoms with E-state index in [9.17, 15) is 4.79 Å². The van der Waals surface area contributed by atoms with Crippen molar-refractivity contribution in [2.24, 2.45) is 0 Å². The Labute approximate surface area is 136 Å². The molecule has 3 rings (SSSR count). The Morgan fingerprint density at radius 3 is 2.70 bits per heavy atom. The maximum atomic E-state index is 12.2. The monoisotopic (exact) mass is 313 g/mol. The minimum atomic E-state index is -0.209. The highest BCUT2D eigenvalue weighted by Crippen LogP contribution is 2.14. The number of likely N-dealkylation sites (tertiary alicyclic amines) is 1.